The smallest absolute Gasteiger partial charge is 0.240 e. The molecule has 1 aliphatic heterocycles. The van der Waals surface area contributed by atoms with E-state index in [1.54, 1.807) is 6.07 Å². The van der Waals surface area contributed by atoms with Crippen molar-refractivity contribution in [1.29, 1.82) is 0 Å². The minimum absolute atomic E-state index is 0.133. The van der Waals surface area contributed by atoms with Crippen LogP contribution in [0, 0.1) is 5.82 Å². The molecule has 0 unspecified atom stereocenters. The Hall–Kier alpha value is -3.06. The highest BCUT2D eigenvalue weighted by atomic mass is 19.1. The molecule has 1 fully saturated rings. The van der Waals surface area contributed by atoms with E-state index in [1.807, 2.05) is 18.2 Å². The highest BCUT2D eigenvalue weighted by molar-refractivity contribution is 5.75. The van der Waals surface area contributed by atoms with Gasteiger partial charge in [-0.1, -0.05) is 41.9 Å². The van der Waals surface area contributed by atoms with Gasteiger partial charge in [-0.3, -0.25) is 4.90 Å². The van der Waals surface area contributed by atoms with Crippen LogP contribution in [0.1, 0.15) is 48.4 Å². The fourth-order valence-electron chi connectivity index (χ4n) is 4.18. The summed E-state index contributed by atoms with van der Waals surface area (Å²) in [6.07, 6.45) is 4.91. The second kappa shape index (κ2) is 8.36. The standard InChI is InChI=1S/C23H24FN5O/c24-17-10-11-18-19(14-17)26-23(25-18)20-8-4-5-13-29(20)15-22-27-21(28-30-22)12-9-16-6-2-1-3-7-16/h1-3,6-7,10-11,14,20H,4-5,8-9,12-13,15H2,(H,25,26)/t20-/m0/s1. The molecule has 2 aromatic heterocycles. The first-order valence-electron chi connectivity index (χ1n) is 10.5. The minimum atomic E-state index is -0.257. The van der Waals surface area contributed by atoms with Crippen molar-refractivity contribution < 1.29 is 8.91 Å². The lowest BCUT2D eigenvalue weighted by Crippen LogP contribution is -2.33. The Morgan fingerprint density at radius 2 is 1.97 bits per heavy atom. The van der Waals surface area contributed by atoms with Crippen LogP contribution in [0.5, 0.6) is 0 Å². The van der Waals surface area contributed by atoms with Crippen molar-refractivity contribution in [3.05, 3.63) is 77.5 Å². The number of nitrogens with one attached hydrogen (secondary N) is 1. The molecule has 0 amide bonds. The molecule has 0 saturated carbocycles. The van der Waals surface area contributed by atoms with Crippen LogP contribution in [0.4, 0.5) is 4.39 Å². The quantitative estimate of drug-likeness (QED) is 0.508. The molecule has 4 aromatic rings. The Bertz CT molecular complexity index is 1120. The second-order valence-corrected chi connectivity index (χ2v) is 7.86. The second-order valence-electron chi connectivity index (χ2n) is 7.86. The number of aryl methyl sites for hydroxylation is 2. The molecule has 3 heterocycles. The molecule has 0 aliphatic carbocycles. The number of likely N-dealkylation sites (tertiary alicyclic amines) is 1. The van der Waals surface area contributed by atoms with E-state index >= 15 is 0 Å². The molecular formula is C23H24FN5O. The molecule has 0 spiro atoms. The van der Waals surface area contributed by atoms with Crippen LogP contribution < -0.4 is 0 Å². The van der Waals surface area contributed by atoms with Gasteiger partial charge >= 0.3 is 0 Å². The average molecular weight is 405 g/mol. The molecule has 154 valence electrons. The zero-order valence-corrected chi connectivity index (χ0v) is 16.7. The van der Waals surface area contributed by atoms with Crippen LogP contribution in [0.3, 0.4) is 0 Å². The highest BCUT2D eigenvalue weighted by Crippen LogP contribution is 2.31. The van der Waals surface area contributed by atoms with Gasteiger partial charge in [-0.2, -0.15) is 4.98 Å². The number of piperidine rings is 1. The number of aromatic amines is 1. The Labute approximate surface area is 174 Å². The largest absolute Gasteiger partial charge is 0.341 e. The molecular weight excluding hydrogens is 381 g/mol. The zero-order chi connectivity index (χ0) is 20.3. The van der Waals surface area contributed by atoms with E-state index in [0.29, 0.717) is 12.4 Å². The molecule has 1 atom stereocenters. The lowest BCUT2D eigenvalue weighted by atomic mass is 10.0. The first kappa shape index (κ1) is 18.9. The number of rotatable bonds is 6. The van der Waals surface area contributed by atoms with Crippen LogP contribution in [0.2, 0.25) is 0 Å². The summed E-state index contributed by atoms with van der Waals surface area (Å²) in [5.74, 6) is 1.99. The monoisotopic (exact) mass is 405 g/mol. The van der Waals surface area contributed by atoms with Crippen molar-refractivity contribution in [2.24, 2.45) is 0 Å². The average Bonchev–Trinajstić information content (AvgIpc) is 3.40. The predicted molar refractivity (Wildman–Crippen MR) is 111 cm³/mol. The Morgan fingerprint density at radius 1 is 1.07 bits per heavy atom. The number of aromatic nitrogens is 4. The SMILES string of the molecule is Fc1ccc2nc([C@@H]3CCCCN3Cc3nc(CCc4ccccc4)no3)[nH]c2c1. The molecule has 2 aromatic carbocycles. The van der Waals surface area contributed by atoms with E-state index in [1.165, 1.54) is 17.7 Å². The molecule has 0 bridgehead atoms. The topological polar surface area (TPSA) is 70.8 Å². The predicted octanol–water partition coefficient (Wildman–Crippen LogP) is 4.60. The van der Waals surface area contributed by atoms with Crippen molar-refractivity contribution in [2.75, 3.05) is 6.54 Å². The Balaban J connectivity index is 1.28. The van der Waals surface area contributed by atoms with Gasteiger partial charge in [-0.25, -0.2) is 9.37 Å². The van der Waals surface area contributed by atoms with E-state index in [-0.39, 0.29) is 11.9 Å². The summed E-state index contributed by atoms with van der Waals surface area (Å²) in [5.41, 5.74) is 2.79. The molecule has 7 heteroatoms. The summed E-state index contributed by atoms with van der Waals surface area (Å²) in [5, 5.41) is 4.16. The van der Waals surface area contributed by atoms with Gasteiger partial charge in [0.15, 0.2) is 5.82 Å². The van der Waals surface area contributed by atoms with Crippen LogP contribution in [-0.2, 0) is 19.4 Å². The summed E-state index contributed by atoms with van der Waals surface area (Å²) in [4.78, 5) is 14.9. The normalized spacial score (nSPS) is 17.6. The first-order chi connectivity index (χ1) is 14.7. The molecule has 0 radical (unpaired) electrons. The van der Waals surface area contributed by atoms with Crippen LogP contribution >= 0.6 is 0 Å². The van der Waals surface area contributed by atoms with E-state index in [4.69, 9.17) is 9.51 Å². The van der Waals surface area contributed by atoms with E-state index in [2.05, 4.69) is 32.2 Å². The van der Waals surface area contributed by atoms with Gasteiger partial charge in [-0.15, -0.1) is 0 Å². The molecule has 30 heavy (non-hydrogen) atoms. The fourth-order valence-corrected chi connectivity index (χ4v) is 4.18. The number of hydrogen-bond acceptors (Lipinski definition) is 5. The zero-order valence-electron chi connectivity index (χ0n) is 16.7. The maximum absolute atomic E-state index is 13.5. The third-order valence-corrected chi connectivity index (χ3v) is 5.72. The maximum Gasteiger partial charge on any atom is 0.240 e. The third kappa shape index (κ3) is 4.11. The molecule has 6 nitrogen and oxygen atoms in total. The Kier molecular flexibility index (Phi) is 5.27. The number of halogens is 1. The summed E-state index contributed by atoms with van der Waals surface area (Å²) < 4.78 is 19.1. The molecule has 1 N–H and O–H groups in total. The van der Waals surface area contributed by atoms with Gasteiger partial charge in [0.2, 0.25) is 5.89 Å². The van der Waals surface area contributed by atoms with Crippen molar-refractivity contribution in [3.63, 3.8) is 0 Å². The van der Waals surface area contributed by atoms with E-state index < -0.39 is 0 Å². The van der Waals surface area contributed by atoms with Crippen LogP contribution in [0.15, 0.2) is 53.1 Å². The van der Waals surface area contributed by atoms with Crippen molar-refractivity contribution in [1.82, 2.24) is 25.0 Å². The summed E-state index contributed by atoms with van der Waals surface area (Å²) in [7, 11) is 0. The molecule has 1 saturated heterocycles. The van der Waals surface area contributed by atoms with Gasteiger partial charge in [0, 0.05) is 6.42 Å². The minimum Gasteiger partial charge on any atom is -0.341 e. The molecule has 1 aliphatic rings. The molecule has 5 rings (SSSR count). The number of H-pyrrole nitrogens is 1. The van der Waals surface area contributed by atoms with Gasteiger partial charge in [0.1, 0.15) is 11.6 Å². The third-order valence-electron chi connectivity index (χ3n) is 5.72. The summed E-state index contributed by atoms with van der Waals surface area (Å²) >= 11 is 0. The fraction of sp³-hybridized carbons (Fsp3) is 0.348. The maximum atomic E-state index is 13.5. The highest BCUT2D eigenvalue weighted by Gasteiger charge is 2.28. The summed E-state index contributed by atoms with van der Waals surface area (Å²) in [6.45, 7) is 1.53. The van der Waals surface area contributed by atoms with E-state index in [9.17, 15) is 4.39 Å². The van der Waals surface area contributed by atoms with Gasteiger partial charge in [0.05, 0.1) is 23.6 Å². The lowest BCUT2D eigenvalue weighted by molar-refractivity contribution is 0.119. The van der Waals surface area contributed by atoms with Crippen LogP contribution in [-0.4, -0.2) is 31.6 Å². The number of hydrogen-bond donors (Lipinski definition) is 1. The lowest BCUT2D eigenvalue weighted by Gasteiger charge is -2.33. The summed E-state index contributed by atoms with van der Waals surface area (Å²) in [6, 6.07) is 15.1. The van der Waals surface area contributed by atoms with Crippen molar-refractivity contribution in [3.8, 4) is 0 Å². The number of nitrogens with zero attached hydrogens (tertiary/aromatic N) is 4. The Morgan fingerprint density at radius 3 is 2.87 bits per heavy atom. The first-order valence-corrected chi connectivity index (χ1v) is 10.5. The van der Waals surface area contributed by atoms with Gasteiger partial charge in [0.25, 0.3) is 0 Å². The van der Waals surface area contributed by atoms with Crippen molar-refractivity contribution in [2.45, 2.75) is 44.7 Å². The number of imidazole rings is 1. The van der Waals surface area contributed by atoms with Crippen molar-refractivity contribution >= 4 is 11.0 Å². The number of fused-ring (bicyclic) bond motifs is 1. The van der Waals surface area contributed by atoms with E-state index in [0.717, 1.165) is 61.3 Å². The number of benzene rings is 2. The van der Waals surface area contributed by atoms with Gasteiger partial charge < -0.3 is 9.51 Å². The van der Waals surface area contributed by atoms with Crippen LogP contribution in [0.25, 0.3) is 11.0 Å². The van der Waals surface area contributed by atoms with Gasteiger partial charge in [-0.05, 0) is 49.6 Å².